The Bertz CT molecular complexity index is 1360. The molecule has 152 valence electrons. The second-order valence-electron chi connectivity index (χ2n) is 8.19. The van der Waals surface area contributed by atoms with Gasteiger partial charge in [0.05, 0.1) is 10.9 Å². The molecule has 4 aromatic rings. The van der Waals surface area contributed by atoms with Crippen molar-refractivity contribution in [2.75, 3.05) is 13.6 Å². The highest BCUT2D eigenvalue weighted by Crippen LogP contribution is 2.45. The van der Waals surface area contributed by atoms with Gasteiger partial charge in [-0.1, -0.05) is 30.3 Å². The number of hydrogen-bond acceptors (Lipinski definition) is 4. The third-order valence-corrected chi connectivity index (χ3v) is 6.45. The van der Waals surface area contributed by atoms with E-state index in [1.54, 1.807) is 0 Å². The Morgan fingerprint density at radius 3 is 2.45 bits per heavy atom. The first-order chi connectivity index (χ1) is 15.3. The average Bonchev–Trinajstić information content (AvgIpc) is 3.47. The van der Waals surface area contributed by atoms with Crippen molar-refractivity contribution in [2.24, 2.45) is 0 Å². The van der Waals surface area contributed by atoms with Crippen molar-refractivity contribution in [1.82, 2.24) is 0 Å². The zero-order valence-corrected chi connectivity index (χ0v) is 16.9. The summed E-state index contributed by atoms with van der Waals surface area (Å²) in [6.07, 6.45) is 4.15. The fourth-order valence-corrected chi connectivity index (χ4v) is 5.05. The maximum Gasteiger partial charge on any atom is 0.231 e. The van der Waals surface area contributed by atoms with Crippen LogP contribution in [0, 0.1) is 0 Å². The minimum absolute atomic E-state index is 0.274. The van der Waals surface area contributed by atoms with E-state index in [0.29, 0.717) is 0 Å². The fourth-order valence-electron chi connectivity index (χ4n) is 5.05. The molecule has 1 aromatic heterocycles. The summed E-state index contributed by atoms with van der Waals surface area (Å²) in [4.78, 5) is 0. The summed E-state index contributed by atoms with van der Waals surface area (Å²) < 4.78 is 25.2. The molecule has 0 bridgehead atoms. The minimum atomic E-state index is 0.274. The lowest BCUT2D eigenvalue weighted by molar-refractivity contribution is -0.676. The minimum Gasteiger partial charge on any atom is -0.454 e. The maximum atomic E-state index is 5.87. The Morgan fingerprint density at radius 1 is 0.742 bits per heavy atom. The predicted molar refractivity (Wildman–Crippen MR) is 115 cm³/mol. The molecule has 0 saturated carbocycles. The number of benzene rings is 3. The SMILES string of the molecule is c1ccc(C[n+]2cc3c4c(ccc3c3c2-c2cc5c(cc2CC3)OCO5)OCO4)cc1. The van der Waals surface area contributed by atoms with Gasteiger partial charge in [0.1, 0.15) is 0 Å². The van der Waals surface area contributed by atoms with Gasteiger partial charge in [0.25, 0.3) is 0 Å². The third-order valence-electron chi connectivity index (χ3n) is 6.45. The smallest absolute Gasteiger partial charge is 0.231 e. The summed E-state index contributed by atoms with van der Waals surface area (Å²) in [5, 5.41) is 2.33. The maximum absolute atomic E-state index is 5.87. The van der Waals surface area contributed by atoms with Crippen LogP contribution in [0.2, 0.25) is 0 Å². The molecular weight excluding hydrogens is 390 g/mol. The Labute approximate surface area is 179 Å². The van der Waals surface area contributed by atoms with Crippen LogP contribution in [0.15, 0.2) is 60.8 Å². The van der Waals surface area contributed by atoms with Crippen molar-refractivity contribution in [2.45, 2.75) is 19.4 Å². The molecule has 0 spiro atoms. The van der Waals surface area contributed by atoms with Crippen LogP contribution in [0.5, 0.6) is 23.0 Å². The molecule has 1 aliphatic carbocycles. The largest absolute Gasteiger partial charge is 0.454 e. The standard InChI is InChI=1S/C26H20NO4/c1-2-4-16(5-3-1)12-27-13-21-18(8-9-22-26(21)31-15-28-22)19-7-6-17-10-23-24(30-14-29-23)11-20(17)25(19)27/h1-5,8-11,13H,6-7,12,14-15H2/q+1. The van der Waals surface area contributed by atoms with Gasteiger partial charge in [-0.3, -0.25) is 0 Å². The van der Waals surface area contributed by atoms with Crippen LogP contribution in [-0.2, 0) is 19.4 Å². The number of ether oxygens (including phenoxy) is 4. The summed E-state index contributed by atoms with van der Waals surface area (Å²) >= 11 is 0. The molecule has 3 heterocycles. The second kappa shape index (κ2) is 6.38. The second-order valence-corrected chi connectivity index (χ2v) is 8.19. The molecule has 3 aliphatic rings. The summed E-state index contributed by atoms with van der Waals surface area (Å²) in [5.41, 5.74) is 6.37. The van der Waals surface area contributed by atoms with Crippen LogP contribution < -0.4 is 23.5 Å². The van der Waals surface area contributed by atoms with E-state index in [0.717, 1.165) is 47.8 Å². The molecule has 0 N–H and O–H groups in total. The molecule has 0 radical (unpaired) electrons. The van der Waals surface area contributed by atoms with Crippen LogP contribution in [-0.4, -0.2) is 13.6 Å². The lowest BCUT2D eigenvalue weighted by Crippen LogP contribution is -2.39. The number of rotatable bonds is 2. The molecule has 7 rings (SSSR count). The first-order valence-corrected chi connectivity index (χ1v) is 10.6. The first kappa shape index (κ1) is 17.0. The monoisotopic (exact) mass is 410 g/mol. The van der Waals surface area contributed by atoms with Gasteiger partial charge >= 0.3 is 0 Å². The average molecular weight is 410 g/mol. The van der Waals surface area contributed by atoms with E-state index < -0.39 is 0 Å². The van der Waals surface area contributed by atoms with Gasteiger partial charge in [0.15, 0.2) is 35.7 Å². The quantitative estimate of drug-likeness (QED) is 0.460. The van der Waals surface area contributed by atoms with Crippen LogP contribution >= 0.6 is 0 Å². The van der Waals surface area contributed by atoms with Gasteiger partial charge in [-0.15, -0.1) is 0 Å². The number of aryl methyl sites for hydroxylation is 2. The van der Waals surface area contributed by atoms with E-state index in [4.69, 9.17) is 18.9 Å². The third kappa shape index (κ3) is 2.53. The molecule has 5 heteroatoms. The van der Waals surface area contributed by atoms with Crippen LogP contribution in [0.3, 0.4) is 0 Å². The zero-order valence-electron chi connectivity index (χ0n) is 16.9. The normalized spacial score (nSPS) is 15.1. The summed E-state index contributed by atoms with van der Waals surface area (Å²) in [7, 11) is 0. The number of hydrogen-bond donors (Lipinski definition) is 0. The predicted octanol–water partition coefficient (Wildman–Crippen LogP) is 4.40. The first-order valence-electron chi connectivity index (χ1n) is 10.6. The number of pyridine rings is 1. The molecule has 0 unspecified atom stereocenters. The molecule has 3 aromatic carbocycles. The van der Waals surface area contributed by atoms with Gasteiger partial charge in [-0.05, 0) is 42.7 Å². The van der Waals surface area contributed by atoms with Crippen molar-refractivity contribution < 1.29 is 23.5 Å². The molecule has 0 amide bonds. The van der Waals surface area contributed by atoms with Crippen molar-refractivity contribution >= 4 is 10.8 Å². The lowest BCUT2D eigenvalue weighted by atomic mass is 9.85. The zero-order chi connectivity index (χ0) is 20.4. The Kier molecular flexibility index (Phi) is 3.50. The Hall–Kier alpha value is -3.73. The highest BCUT2D eigenvalue weighted by atomic mass is 16.7. The van der Waals surface area contributed by atoms with Crippen molar-refractivity contribution in [3.63, 3.8) is 0 Å². The fraction of sp³-hybridized carbons (Fsp3) is 0.192. The van der Waals surface area contributed by atoms with E-state index in [-0.39, 0.29) is 13.6 Å². The highest BCUT2D eigenvalue weighted by molar-refractivity contribution is 5.95. The molecular formula is C26H20NO4+. The van der Waals surface area contributed by atoms with Gasteiger partial charge in [-0.25, -0.2) is 0 Å². The van der Waals surface area contributed by atoms with E-state index in [9.17, 15) is 0 Å². The highest BCUT2D eigenvalue weighted by Gasteiger charge is 2.32. The van der Waals surface area contributed by atoms with E-state index in [1.165, 1.54) is 33.3 Å². The summed E-state index contributed by atoms with van der Waals surface area (Å²) in [5.74, 6) is 3.33. The van der Waals surface area contributed by atoms with Crippen molar-refractivity contribution in [1.29, 1.82) is 0 Å². The Morgan fingerprint density at radius 2 is 1.55 bits per heavy atom. The van der Waals surface area contributed by atoms with Gasteiger partial charge in [0, 0.05) is 16.5 Å². The lowest BCUT2D eigenvalue weighted by Gasteiger charge is -2.21. The van der Waals surface area contributed by atoms with Crippen LogP contribution in [0.25, 0.3) is 22.0 Å². The van der Waals surface area contributed by atoms with Crippen molar-refractivity contribution in [3.05, 3.63) is 77.5 Å². The molecule has 2 aliphatic heterocycles. The van der Waals surface area contributed by atoms with Crippen LogP contribution in [0.4, 0.5) is 0 Å². The van der Waals surface area contributed by atoms with Gasteiger partial charge in [0.2, 0.25) is 19.3 Å². The molecule has 0 fully saturated rings. The van der Waals surface area contributed by atoms with Crippen molar-refractivity contribution in [3.8, 4) is 34.3 Å². The number of fused-ring (bicyclic) bond motifs is 8. The molecule has 0 atom stereocenters. The van der Waals surface area contributed by atoms with E-state index in [2.05, 4.69) is 59.3 Å². The van der Waals surface area contributed by atoms with E-state index in [1.807, 2.05) is 6.07 Å². The topological polar surface area (TPSA) is 40.8 Å². The number of aromatic nitrogens is 1. The van der Waals surface area contributed by atoms with Crippen LogP contribution in [0.1, 0.15) is 16.7 Å². The van der Waals surface area contributed by atoms with E-state index >= 15 is 0 Å². The molecule has 31 heavy (non-hydrogen) atoms. The molecule has 5 nitrogen and oxygen atoms in total. The van der Waals surface area contributed by atoms with Gasteiger partial charge < -0.3 is 18.9 Å². The number of nitrogens with zero attached hydrogens (tertiary/aromatic N) is 1. The summed E-state index contributed by atoms with van der Waals surface area (Å²) in [6.45, 7) is 1.34. The molecule has 0 saturated heterocycles. The van der Waals surface area contributed by atoms with Gasteiger partial charge in [-0.2, -0.15) is 4.57 Å². The summed E-state index contributed by atoms with van der Waals surface area (Å²) in [6, 6.07) is 19.1. The Balaban J connectivity index is 1.52.